The third-order valence-corrected chi connectivity index (χ3v) is 6.24. The molecule has 0 atom stereocenters. The van der Waals surface area contributed by atoms with Crippen molar-refractivity contribution in [1.82, 2.24) is 20.1 Å². The van der Waals surface area contributed by atoms with E-state index < -0.39 is 0 Å². The highest BCUT2D eigenvalue weighted by molar-refractivity contribution is 6.12. The number of nitrogens with one attached hydrogen (secondary N) is 1. The molecule has 8 nitrogen and oxygen atoms in total. The van der Waals surface area contributed by atoms with Gasteiger partial charge < -0.3 is 14.7 Å². The number of piperazine rings is 1. The fourth-order valence-corrected chi connectivity index (χ4v) is 4.64. The molecule has 1 fully saturated rings. The van der Waals surface area contributed by atoms with Crippen molar-refractivity contribution in [2.75, 3.05) is 42.5 Å². The summed E-state index contributed by atoms with van der Waals surface area (Å²) in [7, 11) is 0. The second kappa shape index (κ2) is 7.54. The van der Waals surface area contributed by atoms with E-state index in [9.17, 15) is 9.59 Å². The topological polar surface area (TPSA) is 85.4 Å². The zero-order chi connectivity index (χ0) is 21.5. The van der Waals surface area contributed by atoms with E-state index in [-0.39, 0.29) is 11.8 Å². The Bertz CT molecular complexity index is 1190. The van der Waals surface area contributed by atoms with Crippen molar-refractivity contribution < 1.29 is 9.59 Å². The van der Waals surface area contributed by atoms with Crippen LogP contribution in [-0.2, 0) is 11.2 Å². The molecule has 2 aliphatic heterocycles. The number of hydrogen-bond donors (Lipinski definition) is 1. The molecular weight excluding hydrogens is 392 g/mol. The van der Waals surface area contributed by atoms with Crippen molar-refractivity contribution in [3.8, 4) is 0 Å². The number of fused-ring (bicyclic) bond motifs is 2. The van der Waals surface area contributed by atoms with Gasteiger partial charge in [-0.1, -0.05) is 12.6 Å². The van der Waals surface area contributed by atoms with E-state index >= 15 is 0 Å². The molecule has 4 heterocycles. The summed E-state index contributed by atoms with van der Waals surface area (Å²) in [6.45, 7) is 8.90. The van der Waals surface area contributed by atoms with Gasteiger partial charge in [0.25, 0.3) is 5.91 Å². The van der Waals surface area contributed by atoms with Crippen LogP contribution in [0, 0.1) is 6.92 Å². The Morgan fingerprint density at radius 3 is 2.74 bits per heavy atom. The van der Waals surface area contributed by atoms with Gasteiger partial charge >= 0.3 is 0 Å². The lowest BCUT2D eigenvalue weighted by Crippen LogP contribution is -2.49. The quantitative estimate of drug-likeness (QED) is 0.663. The summed E-state index contributed by atoms with van der Waals surface area (Å²) in [4.78, 5) is 35.7. The highest BCUT2D eigenvalue weighted by Gasteiger charge is 2.32. The number of aromatic amines is 1. The van der Waals surface area contributed by atoms with Gasteiger partial charge in [0.05, 0.1) is 17.4 Å². The minimum atomic E-state index is -0.0830. The van der Waals surface area contributed by atoms with Crippen LogP contribution in [0.1, 0.15) is 21.6 Å². The fraction of sp³-hybridized carbons (Fsp3) is 0.304. The largest absolute Gasteiger partial charge is 0.368 e. The SMILES string of the molecule is C=CC(=O)N1CCN(c2ccnc3c2CCN(c2c(C)ccc4[nH]ncc24)C3=O)CC1. The van der Waals surface area contributed by atoms with Gasteiger partial charge in [0.15, 0.2) is 0 Å². The first-order valence-electron chi connectivity index (χ1n) is 10.5. The van der Waals surface area contributed by atoms with Crippen LogP contribution in [0.5, 0.6) is 0 Å². The maximum Gasteiger partial charge on any atom is 0.277 e. The van der Waals surface area contributed by atoms with Crippen LogP contribution in [-0.4, -0.2) is 64.6 Å². The Morgan fingerprint density at radius 1 is 1.16 bits per heavy atom. The molecule has 0 saturated carbocycles. The third-order valence-electron chi connectivity index (χ3n) is 6.24. The summed E-state index contributed by atoms with van der Waals surface area (Å²) in [6, 6.07) is 5.97. The molecule has 0 bridgehead atoms. The summed E-state index contributed by atoms with van der Waals surface area (Å²) in [5, 5.41) is 8.07. The van der Waals surface area contributed by atoms with Crippen LogP contribution >= 0.6 is 0 Å². The molecule has 1 saturated heterocycles. The minimum Gasteiger partial charge on any atom is -0.368 e. The van der Waals surface area contributed by atoms with E-state index in [1.807, 2.05) is 30.0 Å². The molecular formula is C23H24N6O2. The number of carbonyl (C=O) groups is 2. The molecule has 1 N–H and O–H groups in total. The lowest BCUT2D eigenvalue weighted by Gasteiger charge is -2.38. The molecule has 158 valence electrons. The predicted molar refractivity (Wildman–Crippen MR) is 119 cm³/mol. The fourth-order valence-electron chi connectivity index (χ4n) is 4.64. The summed E-state index contributed by atoms with van der Waals surface area (Å²) < 4.78 is 0. The van der Waals surface area contributed by atoms with Crippen molar-refractivity contribution in [2.45, 2.75) is 13.3 Å². The highest BCUT2D eigenvalue weighted by Crippen LogP contribution is 2.35. The number of aryl methyl sites for hydroxylation is 1. The normalized spacial score (nSPS) is 16.5. The van der Waals surface area contributed by atoms with Crippen LogP contribution in [0.2, 0.25) is 0 Å². The number of carbonyl (C=O) groups excluding carboxylic acids is 2. The molecule has 0 aliphatic carbocycles. The predicted octanol–water partition coefficient (Wildman–Crippen LogP) is 2.30. The number of rotatable bonds is 3. The first-order chi connectivity index (χ1) is 15.1. The second-order valence-corrected chi connectivity index (χ2v) is 7.94. The molecule has 1 aromatic carbocycles. The van der Waals surface area contributed by atoms with E-state index in [2.05, 4.69) is 26.7 Å². The molecule has 31 heavy (non-hydrogen) atoms. The Balaban J connectivity index is 1.45. The van der Waals surface area contributed by atoms with E-state index in [1.165, 1.54) is 6.08 Å². The van der Waals surface area contributed by atoms with E-state index in [0.29, 0.717) is 25.3 Å². The molecule has 0 spiro atoms. The first kappa shape index (κ1) is 19.3. The number of amides is 2. The van der Waals surface area contributed by atoms with Gasteiger partial charge in [-0.3, -0.25) is 19.7 Å². The van der Waals surface area contributed by atoms with Crippen molar-refractivity contribution in [2.24, 2.45) is 0 Å². The summed E-state index contributed by atoms with van der Waals surface area (Å²) >= 11 is 0. The molecule has 0 radical (unpaired) electrons. The summed E-state index contributed by atoms with van der Waals surface area (Å²) in [5.74, 6) is -0.119. The average molecular weight is 416 g/mol. The smallest absolute Gasteiger partial charge is 0.277 e. The molecule has 5 rings (SSSR count). The molecule has 2 amide bonds. The third kappa shape index (κ3) is 3.15. The zero-order valence-electron chi connectivity index (χ0n) is 17.5. The van der Waals surface area contributed by atoms with Crippen LogP contribution < -0.4 is 9.80 Å². The lowest BCUT2D eigenvalue weighted by atomic mass is 9.99. The van der Waals surface area contributed by atoms with Gasteiger partial charge in [-0.05, 0) is 37.1 Å². The number of hydrogen-bond acceptors (Lipinski definition) is 5. The number of anilines is 2. The van der Waals surface area contributed by atoms with Crippen molar-refractivity contribution >= 4 is 34.1 Å². The second-order valence-electron chi connectivity index (χ2n) is 7.94. The summed E-state index contributed by atoms with van der Waals surface area (Å²) in [6.07, 6.45) is 5.57. The zero-order valence-corrected chi connectivity index (χ0v) is 17.5. The Hall–Kier alpha value is -3.68. The minimum absolute atomic E-state index is 0.0361. The Labute approximate surface area is 180 Å². The Morgan fingerprint density at radius 2 is 1.97 bits per heavy atom. The summed E-state index contributed by atoms with van der Waals surface area (Å²) in [5.41, 5.74) is 5.38. The number of aromatic nitrogens is 3. The van der Waals surface area contributed by atoms with E-state index in [0.717, 1.165) is 52.9 Å². The number of H-pyrrole nitrogens is 1. The van der Waals surface area contributed by atoms with E-state index in [1.54, 1.807) is 17.3 Å². The van der Waals surface area contributed by atoms with Crippen LogP contribution in [0.15, 0.2) is 43.2 Å². The lowest BCUT2D eigenvalue weighted by molar-refractivity contribution is -0.126. The van der Waals surface area contributed by atoms with Crippen LogP contribution in [0.3, 0.4) is 0 Å². The van der Waals surface area contributed by atoms with Crippen molar-refractivity contribution in [3.63, 3.8) is 0 Å². The Kier molecular flexibility index (Phi) is 4.69. The maximum absolute atomic E-state index is 13.5. The van der Waals surface area contributed by atoms with Gasteiger partial charge in [0.1, 0.15) is 5.69 Å². The van der Waals surface area contributed by atoms with Crippen LogP contribution in [0.4, 0.5) is 11.4 Å². The molecule has 0 unspecified atom stereocenters. The molecule has 3 aromatic rings. The first-order valence-corrected chi connectivity index (χ1v) is 10.5. The van der Waals surface area contributed by atoms with Crippen LogP contribution in [0.25, 0.3) is 10.9 Å². The average Bonchev–Trinajstić information content (AvgIpc) is 3.28. The van der Waals surface area contributed by atoms with Gasteiger partial charge in [0.2, 0.25) is 5.91 Å². The molecule has 8 heteroatoms. The number of nitrogens with zero attached hydrogens (tertiary/aromatic N) is 5. The molecule has 2 aliphatic rings. The van der Waals surface area contributed by atoms with Crippen molar-refractivity contribution in [3.05, 3.63) is 60.1 Å². The number of benzene rings is 1. The molecule has 2 aromatic heterocycles. The van der Waals surface area contributed by atoms with Gasteiger partial charge in [-0.15, -0.1) is 0 Å². The number of pyridine rings is 1. The van der Waals surface area contributed by atoms with Gasteiger partial charge in [-0.25, -0.2) is 0 Å². The maximum atomic E-state index is 13.5. The monoisotopic (exact) mass is 416 g/mol. The highest BCUT2D eigenvalue weighted by atomic mass is 16.2. The van der Waals surface area contributed by atoms with Gasteiger partial charge in [0, 0.05) is 55.6 Å². The van der Waals surface area contributed by atoms with E-state index in [4.69, 9.17) is 0 Å². The standard InChI is InChI=1S/C23H24N6O2/c1-3-20(30)28-12-10-27(11-13-28)19-6-8-24-21-16(19)7-9-29(23(21)31)22-15(2)4-5-18-17(22)14-25-26-18/h3-6,8,14H,1,7,9-13H2,2H3,(H,25,26). The van der Waals surface area contributed by atoms with Crippen molar-refractivity contribution in [1.29, 1.82) is 0 Å². The van der Waals surface area contributed by atoms with Gasteiger partial charge in [-0.2, -0.15) is 5.10 Å².